The lowest BCUT2D eigenvalue weighted by Gasteiger charge is -2.37. The summed E-state index contributed by atoms with van der Waals surface area (Å²) in [5.41, 5.74) is -0.251. The van der Waals surface area contributed by atoms with Gasteiger partial charge in [0, 0.05) is 23.2 Å². The number of fused-ring (bicyclic) bond motifs is 1. The smallest absolute Gasteiger partial charge is 0.413 e. The van der Waals surface area contributed by atoms with E-state index in [2.05, 4.69) is 22.5 Å². The minimum atomic E-state index is -0.869. The fraction of sp³-hybridized carbons (Fsp3) is 0.423. The van der Waals surface area contributed by atoms with Crippen LogP contribution >= 0.6 is 11.8 Å². The number of aromatic nitrogens is 1. The summed E-state index contributed by atoms with van der Waals surface area (Å²) < 4.78 is 20.7. The van der Waals surface area contributed by atoms with Gasteiger partial charge in [0.1, 0.15) is 23.2 Å². The van der Waals surface area contributed by atoms with Gasteiger partial charge in [-0.2, -0.15) is 5.26 Å². The van der Waals surface area contributed by atoms with Gasteiger partial charge in [-0.15, -0.1) is 0 Å². The minimum absolute atomic E-state index is 0.0716. The lowest BCUT2D eigenvalue weighted by molar-refractivity contribution is 0.0563. The second kappa shape index (κ2) is 9.90. The van der Waals surface area contributed by atoms with Crippen molar-refractivity contribution in [2.75, 3.05) is 11.1 Å². The number of nitrogens with zero attached hydrogens (tertiary/aromatic N) is 3. The number of alkyl carbamates (subject to hydrolysis) is 1. The molecule has 1 fully saturated rings. The first-order chi connectivity index (χ1) is 17.0. The van der Waals surface area contributed by atoms with E-state index >= 15 is 4.39 Å². The molecular weight excluding hydrogens is 481 g/mol. The third-order valence-electron chi connectivity index (χ3n) is 6.17. The molecular formula is C26H28FN5O3S. The van der Waals surface area contributed by atoms with E-state index < -0.39 is 29.0 Å². The van der Waals surface area contributed by atoms with Gasteiger partial charge in [-0.25, -0.2) is 14.2 Å². The van der Waals surface area contributed by atoms with Crippen LogP contribution in [0.15, 0.2) is 41.5 Å². The number of amides is 2. The molecule has 1 saturated carbocycles. The Morgan fingerprint density at radius 3 is 2.69 bits per heavy atom. The summed E-state index contributed by atoms with van der Waals surface area (Å²) in [6.07, 6.45) is 2.21. The van der Waals surface area contributed by atoms with Crippen LogP contribution < -0.4 is 10.6 Å². The number of halogens is 1. The fourth-order valence-electron chi connectivity index (χ4n) is 4.77. The Bertz CT molecular complexity index is 1250. The van der Waals surface area contributed by atoms with Crippen molar-refractivity contribution >= 4 is 34.6 Å². The van der Waals surface area contributed by atoms with Gasteiger partial charge >= 0.3 is 6.09 Å². The maximum absolute atomic E-state index is 15.3. The number of carbonyl (C=O) groups excluding carboxylic acids is 2. The van der Waals surface area contributed by atoms with Gasteiger partial charge in [0.15, 0.2) is 5.17 Å². The van der Waals surface area contributed by atoms with Gasteiger partial charge < -0.3 is 10.1 Å². The van der Waals surface area contributed by atoms with Gasteiger partial charge in [0.2, 0.25) is 0 Å². The van der Waals surface area contributed by atoms with E-state index in [0.717, 1.165) is 6.42 Å². The maximum atomic E-state index is 15.3. The molecule has 36 heavy (non-hydrogen) atoms. The first kappa shape index (κ1) is 25.6. The molecule has 0 radical (unpaired) electrons. The Morgan fingerprint density at radius 1 is 1.25 bits per heavy atom. The predicted molar refractivity (Wildman–Crippen MR) is 136 cm³/mol. The number of aliphatic imine (C=N–C) groups is 1. The summed E-state index contributed by atoms with van der Waals surface area (Å²) in [7, 11) is 0. The first-order valence-electron chi connectivity index (χ1n) is 11.7. The molecule has 2 aliphatic rings. The number of nitriles is 1. The zero-order valence-corrected chi connectivity index (χ0v) is 21.4. The number of amidine groups is 1. The van der Waals surface area contributed by atoms with Gasteiger partial charge in [0.05, 0.1) is 11.1 Å². The number of rotatable bonds is 3. The van der Waals surface area contributed by atoms with Crippen LogP contribution in [0, 0.1) is 29.0 Å². The van der Waals surface area contributed by atoms with E-state index in [1.54, 1.807) is 26.8 Å². The quantitative estimate of drug-likeness (QED) is 0.586. The lowest BCUT2D eigenvalue weighted by Crippen LogP contribution is -2.42. The largest absolute Gasteiger partial charge is 0.444 e. The van der Waals surface area contributed by atoms with Crippen molar-refractivity contribution in [3.8, 4) is 6.07 Å². The number of benzene rings is 1. The van der Waals surface area contributed by atoms with Crippen molar-refractivity contribution in [3.63, 3.8) is 0 Å². The third-order valence-corrected chi connectivity index (χ3v) is 7.20. The van der Waals surface area contributed by atoms with Crippen molar-refractivity contribution in [2.24, 2.45) is 16.8 Å². The Balaban J connectivity index is 1.64. The normalized spacial score (nSPS) is 23.2. The number of hydrogen-bond acceptors (Lipinski definition) is 7. The Hall–Kier alpha value is -3.45. The van der Waals surface area contributed by atoms with Crippen molar-refractivity contribution in [3.05, 3.63) is 59.2 Å². The van der Waals surface area contributed by atoms with Gasteiger partial charge in [0.25, 0.3) is 5.91 Å². The van der Waals surface area contributed by atoms with Gasteiger partial charge in [-0.1, -0.05) is 18.7 Å². The molecule has 0 spiro atoms. The van der Waals surface area contributed by atoms with E-state index in [1.165, 1.54) is 42.2 Å². The summed E-state index contributed by atoms with van der Waals surface area (Å²) in [4.78, 5) is 34.0. The van der Waals surface area contributed by atoms with Crippen LogP contribution in [-0.4, -0.2) is 33.5 Å². The van der Waals surface area contributed by atoms with Crippen molar-refractivity contribution < 1.29 is 18.7 Å². The zero-order valence-electron chi connectivity index (χ0n) is 20.6. The number of hydrogen-bond donors (Lipinski definition) is 2. The maximum Gasteiger partial charge on any atom is 0.413 e. The highest BCUT2D eigenvalue weighted by Crippen LogP contribution is 2.54. The highest BCUT2D eigenvalue weighted by atomic mass is 32.2. The van der Waals surface area contributed by atoms with Crippen LogP contribution in [0.5, 0.6) is 0 Å². The summed E-state index contributed by atoms with van der Waals surface area (Å²) >= 11 is 1.42. The summed E-state index contributed by atoms with van der Waals surface area (Å²) in [6, 6.07) is 9.36. The number of thioether (sulfide) groups is 1. The lowest BCUT2D eigenvalue weighted by atomic mass is 9.81. The Labute approximate surface area is 213 Å². The second-order valence-electron chi connectivity index (χ2n) is 10.2. The van der Waals surface area contributed by atoms with Crippen molar-refractivity contribution in [1.29, 1.82) is 5.26 Å². The molecule has 0 bridgehead atoms. The molecule has 2 N–H and O–H groups in total. The molecule has 10 heteroatoms. The summed E-state index contributed by atoms with van der Waals surface area (Å²) in [6.45, 7) is 7.45. The van der Waals surface area contributed by atoms with Crippen molar-refractivity contribution in [2.45, 2.75) is 51.7 Å². The number of ether oxygens (including phenoxy) is 1. The predicted octanol–water partition coefficient (Wildman–Crippen LogP) is 5.21. The van der Waals surface area contributed by atoms with E-state index in [-0.39, 0.29) is 11.6 Å². The van der Waals surface area contributed by atoms with E-state index in [9.17, 15) is 9.59 Å². The van der Waals surface area contributed by atoms with Crippen molar-refractivity contribution in [1.82, 2.24) is 10.3 Å². The standard InChI is InChI=1S/C26H28FN5O3S/c1-15-9-17-14-36-23(31-24(34)35-25(2,3)4)32-26(17,11-15)19-10-18(6-7-20(19)27)30-22(33)21-8-5-16(12-28)13-29-21/h5-8,10,13,15,17H,9,11,14H2,1-4H3,(H,30,33)(H,31,32,34)/t15-,17+,26+/m1/s1. The van der Waals surface area contributed by atoms with Gasteiger partial charge in [-0.05, 0) is 75.8 Å². The molecule has 3 atom stereocenters. The molecule has 188 valence electrons. The number of carbonyl (C=O) groups is 2. The minimum Gasteiger partial charge on any atom is -0.444 e. The number of nitrogens with one attached hydrogen (secondary N) is 2. The van der Waals surface area contributed by atoms with E-state index in [4.69, 9.17) is 15.0 Å². The second-order valence-corrected chi connectivity index (χ2v) is 11.2. The zero-order chi connectivity index (χ0) is 26.1. The summed E-state index contributed by atoms with van der Waals surface area (Å²) in [5, 5.41) is 14.8. The molecule has 2 amide bonds. The first-order valence-corrected chi connectivity index (χ1v) is 12.7. The van der Waals surface area contributed by atoms with Crippen LogP contribution in [0.25, 0.3) is 0 Å². The SMILES string of the molecule is C[C@@H]1C[C@H]2CSC(NC(=O)OC(C)(C)C)=N[C@@]2(c2cc(NC(=O)c3ccc(C#N)cn3)ccc2F)C1. The highest BCUT2D eigenvalue weighted by molar-refractivity contribution is 8.13. The summed E-state index contributed by atoms with van der Waals surface area (Å²) in [5.74, 6) is 0.157. The fourth-order valence-corrected chi connectivity index (χ4v) is 5.92. The van der Waals surface area contributed by atoms with Crippen LogP contribution in [0.2, 0.25) is 0 Å². The molecule has 1 aliphatic heterocycles. The van der Waals surface area contributed by atoms with E-state index in [0.29, 0.717) is 40.1 Å². The van der Waals surface area contributed by atoms with Crippen LogP contribution in [0.4, 0.5) is 14.9 Å². The van der Waals surface area contributed by atoms with Crippen LogP contribution in [0.1, 0.15) is 62.2 Å². The van der Waals surface area contributed by atoms with Gasteiger partial charge in [-0.3, -0.25) is 15.1 Å². The Morgan fingerprint density at radius 2 is 2.03 bits per heavy atom. The number of anilines is 1. The molecule has 0 unspecified atom stereocenters. The molecule has 0 saturated heterocycles. The topological polar surface area (TPSA) is 116 Å². The molecule has 2 aromatic rings. The third kappa shape index (κ3) is 5.51. The van der Waals surface area contributed by atoms with E-state index in [1.807, 2.05) is 6.07 Å². The molecule has 4 rings (SSSR count). The number of pyridine rings is 1. The average Bonchev–Trinajstić information content (AvgIpc) is 3.15. The molecule has 2 heterocycles. The molecule has 1 aromatic carbocycles. The molecule has 8 nitrogen and oxygen atoms in total. The van der Waals surface area contributed by atoms with Crippen LogP contribution in [-0.2, 0) is 10.3 Å². The average molecular weight is 510 g/mol. The molecule has 1 aromatic heterocycles. The molecule has 1 aliphatic carbocycles. The Kier molecular flexibility index (Phi) is 7.05. The van der Waals surface area contributed by atoms with Crippen LogP contribution in [0.3, 0.4) is 0 Å². The highest BCUT2D eigenvalue weighted by Gasteiger charge is 2.51. The monoisotopic (exact) mass is 509 g/mol.